The maximum atomic E-state index is 12.2. The molecule has 7 nitrogen and oxygen atoms in total. The SMILES string of the molecule is CC(C)(C)OC(=O)N[C@H]1CC[C@H](C(=O)NNC(=O)c2ccc(Cl)cc2)CC1. The van der Waals surface area contributed by atoms with Crippen LogP contribution in [0.3, 0.4) is 0 Å². The maximum Gasteiger partial charge on any atom is 0.407 e. The van der Waals surface area contributed by atoms with E-state index in [4.69, 9.17) is 16.3 Å². The number of nitrogens with one attached hydrogen (secondary N) is 3. The van der Waals surface area contributed by atoms with Crippen LogP contribution in [-0.4, -0.2) is 29.6 Å². The fraction of sp³-hybridized carbons (Fsp3) is 0.526. The highest BCUT2D eigenvalue weighted by Gasteiger charge is 2.28. The number of carbonyl (C=O) groups is 3. The average molecular weight is 396 g/mol. The summed E-state index contributed by atoms with van der Waals surface area (Å²) in [6.07, 6.45) is 2.18. The van der Waals surface area contributed by atoms with Gasteiger partial charge in [0.05, 0.1) is 0 Å². The lowest BCUT2D eigenvalue weighted by molar-refractivity contribution is -0.126. The van der Waals surface area contributed by atoms with Gasteiger partial charge >= 0.3 is 6.09 Å². The standard InChI is InChI=1S/C19H26ClN3O4/c1-19(2,3)27-18(26)21-15-10-6-13(7-11-15)17(25)23-22-16(24)12-4-8-14(20)9-5-12/h4-5,8-9,13,15H,6-7,10-11H2,1-3H3,(H,21,26)(H,22,24)(H,23,25)/t13-,15-. The van der Waals surface area contributed by atoms with E-state index < -0.39 is 17.6 Å². The fourth-order valence-electron chi connectivity index (χ4n) is 2.87. The van der Waals surface area contributed by atoms with Gasteiger partial charge in [0.1, 0.15) is 5.60 Å². The topological polar surface area (TPSA) is 96.5 Å². The van der Waals surface area contributed by atoms with Gasteiger partial charge in [0.15, 0.2) is 0 Å². The van der Waals surface area contributed by atoms with Crippen LogP contribution in [0.2, 0.25) is 5.02 Å². The first kappa shape index (κ1) is 21.0. The van der Waals surface area contributed by atoms with Crippen LogP contribution in [0.1, 0.15) is 56.8 Å². The first-order chi connectivity index (χ1) is 12.6. The number of rotatable bonds is 3. The van der Waals surface area contributed by atoms with Crippen LogP contribution in [0.15, 0.2) is 24.3 Å². The van der Waals surface area contributed by atoms with Crippen LogP contribution >= 0.6 is 11.6 Å². The first-order valence-corrected chi connectivity index (χ1v) is 9.37. The van der Waals surface area contributed by atoms with Crippen LogP contribution in [-0.2, 0) is 9.53 Å². The predicted molar refractivity (Wildman–Crippen MR) is 102 cm³/mol. The summed E-state index contributed by atoms with van der Waals surface area (Å²) in [5.41, 5.74) is 4.75. The summed E-state index contributed by atoms with van der Waals surface area (Å²) in [4.78, 5) is 36.1. The van der Waals surface area contributed by atoms with E-state index >= 15 is 0 Å². The summed E-state index contributed by atoms with van der Waals surface area (Å²) >= 11 is 5.78. The third-order valence-corrected chi connectivity index (χ3v) is 4.48. The zero-order chi connectivity index (χ0) is 20.0. The van der Waals surface area contributed by atoms with Crippen LogP contribution in [0, 0.1) is 5.92 Å². The molecular formula is C19H26ClN3O4. The molecule has 0 unspecified atom stereocenters. The van der Waals surface area contributed by atoms with Crippen molar-refractivity contribution in [1.29, 1.82) is 0 Å². The smallest absolute Gasteiger partial charge is 0.407 e. The Morgan fingerprint density at radius 2 is 1.59 bits per heavy atom. The lowest BCUT2D eigenvalue weighted by atomic mass is 9.85. The van der Waals surface area contributed by atoms with E-state index in [0.717, 1.165) is 0 Å². The number of ether oxygens (including phenoxy) is 1. The van der Waals surface area contributed by atoms with Crippen molar-refractivity contribution in [1.82, 2.24) is 16.2 Å². The van der Waals surface area contributed by atoms with E-state index in [2.05, 4.69) is 16.2 Å². The van der Waals surface area contributed by atoms with Gasteiger partial charge in [-0.3, -0.25) is 20.4 Å². The highest BCUT2D eigenvalue weighted by atomic mass is 35.5. The summed E-state index contributed by atoms with van der Waals surface area (Å²) in [6.45, 7) is 5.43. The summed E-state index contributed by atoms with van der Waals surface area (Å²) in [7, 11) is 0. The number of hydrazine groups is 1. The van der Waals surface area contributed by atoms with Gasteiger partial charge in [-0.15, -0.1) is 0 Å². The number of amides is 3. The van der Waals surface area contributed by atoms with Gasteiger partial charge in [-0.05, 0) is 70.7 Å². The van der Waals surface area contributed by atoms with Crippen LogP contribution in [0.4, 0.5) is 4.79 Å². The van der Waals surface area contributed by atoms with Crippen molar-refractivity contribution in [3.63, 3.8) is 0 Å². The average Bonchev–Trinajstić information content (AvgIpc) is 2.59. The second-order valence-electron chi connectivity index (χ2n) is 7.65. The van der Waals surface area contributed by atoms with E-state index in [-0.39, 0.29) is 17.9 Å². The highest BCUT2D eigenvalue weighted by molar-refractivity contribution is 6.30. The Balaban J connectivity index is 1.72. The first-order valence-electron chi connectivity index (χ1n) is 8.99. The second kappa shape index (κ2) is 9.08. The number of benzene rings is 1. The Hall–Kier alpha value is -2.28. The van der Waals surface area contributed by atoms with Crippen LogP contribution < -0.4 is 16.2 Å². The molecule has 1 fully saturated rings. The number of hydrogen-bond acceptors (Lipinski definition) is 4. The van der Waals surface area contributed by atoms with E-state index in [1.165, 1.54) is 0 Å². The molecule has 2 rings (SSSR count). The minimum atomic E-state index is -0.538. The Morgan fingerprint density at radius 3 is 2.15 bits per heavy atom. The van der Waals surface area contributed by atoms with Crippen molar-refractivity contribution in [3.05, 3.63) is 34.9 Å². The molecule has 0 spiro atoms. The largest absolute Gasteiger partial charge is 0.444 e. The number of carbonyl (C=O) groups excluding carboxylic acids is 3. The zero-order valence-corrected chi connectivity index (χ0v) is 16.6. The Morgan fingerprint density at radius 1 is 1.00 bits per heavy atom. The molecule has 8 heteroatoms. The van der Waals surface area contributed by atoms with Crippen molar-refractivity contribution in [2.24, 2.45) is 5.92 Å². The lowest BCUT2D eigenvalue weighted by Gasteiger charge is -2.29. The minimum absolute atomic E-state index is 0.00689. The highest BCUT2D eigenvalue weighted by Crippen LogP contribution is 2.24. The molecule has 3 N–H and O–H groups in total. The van der Waals surface area contributed by atoms with Gasteiger partial charge in [0.25, 0.3) is 5.91 Å². The molecule has 0 heterocycles. The van der Waals surface area contributed by atoms with E-state index in [1.807, 2.05) is 20.8 Å². The van der Waals surface area contributed by atoms with Crippen molar-refractivity contribution in [2.75, 3.05) is 0 Å². The molecule has 1 aliphatic carbocycles. The molecule has 0 radical (unpaired) electrons. The monoisotopic (exact) mass is 395 g/mol. The molecule has 0 aromatic heterocycles. The van der Waals surface area contributed by atoms with Crippen LogP contribution in [0.25, 0.3) is 0 Å². The molecule has 3 amide bonds. The zero-order valence-electron chi connectivity index (χ0n) is 15.8. The van der Waals surface area contributed by atoms with Gasteiger partial charge in [-0.2, -0.15) is 0 Å². The van der Waals surface area contributed by atoms with E-state index in [1.54, 1.807) is 24.3 Å². The molecule has 1 aliphatic rings. The van der Waals surface area contributed by atoms with Gasteiger partial charge in [0, 0.05) is 22.5 Å². The fourth-order valence-corrected chi connectivity index (χ4v) is 2.99. The molecular weight excluding hydrogens is 370 g/mol. The number of halogens is 1. The predicted octanol–water partition coefficient (Wildman–Crippen LogP) is 3.18. The molecule has 0 saturated heterocycles. The number of alkyl carbamates (subject to hydrolysis) is 1. The summed E-state index contributed by atoms with van der Waals surface area (Å²) in [6, 6.07) is 6.37. The molecule has 0 bridgehead atoms. The quantitative estimate of drug-likeness (QED) is 0.685. The molecule has 0 aliphatic heterocycles. The molecule has 27 heavy (non-hydrogen) atoms. The molecule has 1 saturated carbocycles. The summed E-state index contributed by atoms with van der Waals surface area (Å²) < 4.78 is 5.24. The summed E-state index contributed by atoms with van der Waals surface area (Å²) in [5, 5.41) is 3.37. The molecule has 1 aromatic rings. The van der Waals surface area contributed by atoms with Crippen molar-refractivity contribution in [3.8, 4) is 0 Å². The Kier molecular flexibility index (Phi) is 7.07. The number of hydrogen-bond donors (Lipinski definition) is 3. The maximum absolute atomic E-state index is 12.2. The third kappa shape index (κ3) is 7.09. The van der Waals surface area contributed by atoms with Crippen molar-refractivity contribution >= 4 is 29.5 Å². The molecule has 1 aromatic carbocycles. The second-order valence-corrected chi connectivity index (χ2v) is 8.08. The van der Waals surface area contributed by atoms with Gasteiger partial charge in [-0.1, -0.05) is 11.6 Å². The Bertz CT molecular complexity index is 677. The third-order valence-electron chi connectivity index (χ3n) is 4.22. The van der Waals surface area contributed by atoms with Gasteiger partial charge in [-0.25, -0.2) is 4.79 Å². The normalized spacial score (nSPS) is 19.7. The van der Waals surface area contributed by atoms with Crippen LogP contribution in [0.5, 0.6) is 0 Å². The summed E-state index contributed by atoms with van der Waals surface area (Å²) in [5.74, 6) is -0.833. The molecule has 148 valence electrons. The Labute approximate surface area is 164 Å². The van der Waals surface area contributed by atoms with E-state index in [0.29, 0.717) is 36.3 Å². The van der Waals surface area contributed by atoms with Gasteiger partial charge in [0.2, 0.25) is 5.91 Å². The lowest BCUT2D eigenvalue weighted by Crippen LogP contribution is -2.47. The molecule has 0 atom stereocenters. The van der Waals surface area contributed by atoms with Gasteiger partial charge < -0.3 is 10.1 Å². The van der Waals surface area contributed by atoms with Crippen molar-refractivity contribution in [2.45, 2.75) is 58.1 Å². The van der Waals surface area contributed by atoms with Crippen molar-refractivity contribution < 1.29 is 19.1 Å². The van der Waals surface area contributed by atoms with E-state index in [9.17, 15) is 14.4 Å². The minimum Gasteiger partial charge on any atom is -0.444 e.